The van der Waals surface area contributed by atoms with E-state index in [1.807, 2.05) is 12.1 Å². The first kappa shape index (κ1) is 14.2. The minimum absolute atomic E-state index is 0.573. The summed E-state index contributed by atoms with van der Waals surface area (Å²) in [5.74, 6) is 2.19. The van der Waals surface area contributed by atoms with E-state index in [4.69, 9.17) is 10.5 Å². The van der Waals surface area contributed by atoms with Crippen LogP contribution < -0.4 is 15.4 Å². The first-order chi connectivity index (χ1) is 10.3. The molecule has 0 radical (unpaired) electrons. The lowest BCUT2D eigenvalue weighted by Crippen LogP contribution is -2.22. The van der Waals surface area contributed by atoms with E-state index >= 15 is 0 Å². The van der Waals surface area contributed by atoms with E-state index in [0.29, 0.717) is 17.5 Å². The van der Waals surface area contributed by atoms with Crippen LogP contribution in [0.2, 0.25) is 0 Å². The number of anilines is 2. The number of pyridine rings is 1. The summed E-state index contributed by atoms with van der Waals surface area (Å²) in [5.41, 5.74) is 6.59. The highest BCUT2D eigenvalue weighted by Crippen LogP contribution is 2.31. The van der Waals surface area contributed by atoms with Crippen LogP contribution in [0, 0.1) is 5.92 Å². The zero-order valence-electron chi connectivity index (χ0n) is 12.3. The van der Waals surface area contributed by atoms with Gasteiger partial charge in [0.05, 0.1) is 18.8 Å². The number of nitrogens with two attached hydrogens (primary N) is 1. The summed E-state index contributed by atoms with van der Waals surface area (Å²) >= 11 is 1.77. The second kappa shape index (κ2) is 6.35. The smallest absolute Gasteiger partial charge is 0.239 e. The Morgan fingerprint density at radius 1 is 1.38 bits per heavy atom. The predicted molar refractivity (Wildman–Crippen MR) is 87.9 cm³/mol. The van der Waals surface area contributed by atoms with E-state index in [1.54, 1.807) is 11.3 Å². The molecule has 1 aliphatic rings. The van der Waals surface area contributed by atoms with Crippen molar-refractivity contribution in [3.8, 4) is 5.88 Å². The van der Waals surface area contributed by atoms with Crippen LogP contribution in [0.4, 0.5) is 11.5 Å². The molecule has 0 saturated heterocycles. The molecule has 21 heavy (non-hydrogen) atoms. The molecule has 0 unspecified atom stereocenters. The molecule has 1 aliphatic carbocycles. The number of nitrogen functional groups attached to an aromatic ring is 1. The number of hydrogen-bond acceptors (Lipinski definition) is 5. The van der Waals surface area contributed by atoms with Crippen molar-refractivity contribution in [3.63, 3.8) is 0 Å². The third-order valence-corrected chi connectivity index (χ3v) is 4.52. The first-order valence-electron chi connectivity index (χ1n) is 7.43. The van der Waals surface area contributed by atoms with Gasteiger partial charge in [0.25, 0.3) is 0 Å². The van der Waals surface area contributed by atoms with Crippen LogP contribution in [-0.4, -0.2) is 18.1 Å². The normalized spacial score (nSPS) is 14.1. The molecule has 0 aromatic carbocycles. The Labute approximate surface area is 129 Å². The fourth-order valence-electron chi connectivity index (χ4n) is 2.16. The zero-order chi connectivity index (χ0) is 14.7. The van der Waals surface area contributed by atoms with Gasteiger partial charge in [-0.1, -0.05) is 6.07 Å². The van der Waals surface area contributed by atoms with Gasteiger partial charge in [-0.2, -0.15) is 4.98 Å². The molecule has 2 N–H and O–H groups in total. The van der Waals surface area contributed by atoms with Gasteiger partial charge in [0, 0.05) is 11.4 Å². The largest absolute Gasteiger partial charge is 0.476 e. The zero-order valence-corrected chi connectivity index (χ0v) is 13.1. The summed E-state index contributed by atoms with van der Waals surface area (Å²) in [6.45, 7) is 4.64. The van der Waals surface area contributed by atoms with Gasteiger partial charge < -0.3 is 15.4 Å². The van der Waals surface area contributed by atoms with Crippen molar-refractivity contribution >= 4 is 22.8 Å². The Bertz CT molecular complexity index is 581. The molecule has 1 saturated carbocycles. The topological polar surface area (TPSA) is 51.4 Å². The number of aromatic nitrogens is 1. The third kappa shape index (κ3) is 3.67. The minimum Gasteiger partial charge on any atom is -0.476 e. The molecule has 4 nitrogen and oxygen atoms in total. The van der Waals surface area contributed by atoms with Gasteiger partial charge in [-0.05, 0) is 49.3 Å². The van der Waals surface area contributed by atoms with E-state index in [-0.39, 0.29) is 0 Å². The summed E-state index contributed by atoms with van der Waals surface area (Å²) in [7, 11) is 0. The first-order valence-corrected chi connectivity index (χ1v) is 8.31. The average molecular weight is 303 g/mol. The van der Waals surface area contributed by atoms with Crippen LogP contribution >= 0.6 is 11.3 Å². The fraction of sp³-hybridized carbons (Fsp3) is 0.438. The molecular formula is C16H21N3OS. The van der Waals surface area contributed by atoms with Gasteiger partial charge in [0.2, 0.25) is 5.88 Å². The molecular weight excluding hydrogens is 282 g/mol. The van der Waals surface area contributed by atoms with Crippen LogP contribution in [0.3, 0.4) is 0 Å². The maximum Gasteiger partial charge on any atom is 0.239 e. The monoisotopic (exact) mass is 303 g/mol. The molecule has 0 atom stereocenters. The molecule has 2 aromatic rings. The number of thiophene rings is 1. The molecule has 3 rings (SSSR count). The maximum atomic E-state index is 5.97. The Morgan fingerprint density at radius 2 is 2.24 bits per heavy atom. The highest BCUT2D eigenvalue weighted by atomic mass is 32.1. The van der Waals surface area contributed by atoms with Gasteiger partial charge in [0.15, 0.2) is 0 Å². The van der Waals surface area contributed by atoms with Crippen LogP contribution in [0.25, 0.3) is 0 Å². The minimum atomic E-state index is 0.573. The quantitative estimate of drug-likeness (QED) is 0.850. The predicted octanol–water partition coefficient (Wildman–Crippen LogP) is 3.54. The number of hydrogen-bond donors (Lipinski definition) is 1. The summed E-state index contributed by atoms with van der Waals surface area (Å²) in [6.07, 6.45) is 2.53. The van der Waals surface area contributed by atoms with Gasteiger partial charge in [-0.3, -0.25) is 0 Å². The fourth-order valence-corrected chi connectivity index (χ4v) is 2.88. The van der Waals surface area contributed by atoms with Gasteiger partial charge >= 0.3 is 0 Å². The molecule has 2 heterocycles. The van der Waals surface area contributed by atoms with Crippen molar-refractivity contribution in [2.75, 3.05) is 23.8 Å². The summed E-state index contributed by atoms with van der Waals surface area (Å²) < 4.78 is 5.77. The number of rotatable bonds is 7. The van der Waals surface area contributed by atoms with Crippen molar-refractivity contribution in [1.82, 2.24) is 4.98 Å². The van der Waals surface area contributed by atoms with Gasteiger partial charge in [-0.25, -0.2) is 0 Å². The Hall–Kier alpha value is -1.75. The van der Waals surface area contributed by atoms with Crippen molar-refractivity contribution in [1.29, 1.82) is 0 Å². The van der Waals surface area contributed by atoms with Crippen molar-refractivity contribution in [2.24, 2.45) is 5.92 Å². The SMILES string of the molecule is CCN(Cc1cccs1)c1ccc(N)c(OCC2CC2)n1. The van der Waals surface area contributed by atoms with E-state index in [2.05, 4.69) is 34.3 Å². The van der Waals surface area contributed by atoms with Crippen molar-refractivity contribution in [3.05, 3.63) is 34.5 Å². The van der Waals surface area contributed by atoms with Crippen molar-refractivity contribution in [2.45, 2.75) is 26.3 Å². The lowest BCUT2D eigenvalue weighted by molar-refractivity contribution is 0.290. The van der Waals surface area contributed by atoms with Gasteiger partial charge in [-0.15, -0.1) is 11.3 Å². The lowest BCUT2D eigenvalue weighted by atomic mass is 10.3. The lowest BCUT2D eigenvalue weighted by Gasteiger charge is -2.22. The van der Waals surface area contributed by atoms with Crippen LogP contribution in [-0.2, 0) is 6.54 Å². The maximum absolute atomic E-state index is 5.97. The molecule has 1 fully saturated rings. The molecule has 0 spiro atoms. The molecule has 0 bridgehead atoms. The molecule has 0 aliphatic heterocycles. The highest BCUT2D eigenvalue weighted by molar-refractivity contribution is 7.09. The Kier molecular flexibility index (Phi) is 4.29. The van der Waals surface area contributed by atoms with Crippen LogP contribution in [0.5, 0.6) is 5.88 Å². The third-order valence-electron chi connectivity index (χ3n) is 3.66. The second-order valence-electron chi connectivity index (χ2n) is 5.41. The molecule has 2 aromatic heterocycles. The Morgan fingerprint density at radius 3 is 2.90 bits per heavy atom. The highest BCUT2D eigenvalue weighted by Gasteiger charge is 2.22. The van der Waals surface area contributed by atoms with E-state index in [9.17, 15) is 0 Å². The molecule has 5 heteroatoms. The van der Waals surface area contributed by atoms with E-state index in [0.717, 1.165) is 25.5 Å². The van der Waals surface area contributed by atoms with Crippen molar-refractivity contribution < 1.29 is 4.74 Å². The molecule has 0 amide bonds. The standard InChI is InChI=1S/C16H21N3OS/c1-2-19(10-13-4-3-9-21-13)15-8-7-14(17)16(18-15)20-11-12-5-6-12/h3-4,7-9,12H,2,5-6,10-11,17H2,1H3. The molecule has 112 valence electrons. The van der Waals surface area contributed by atoms with E-state index < -0.39 is 0 Å². The summed E-state index contributed by atoms with van der Waals surface area (Å²) in [4.78, 5) is 8.17. The number of nitrogens with zero attached hydrogens (tertiary/aromatic N) is 2. The number of ether oxygens (including phenoxy) is 1. The van der Waals surface area contributed by atoms with Gasteiger partial charge in [0.1, 0.15) is 5.82 Å². The second-order valence-corrected chi connectivity index (χ2v) is 6.44. The van der Waals surface area contributed by atoms with E-state index in [1.165, 1.54) is 17.7 Å². The van der Waals surface area contributed by atoms with Crippen LogP contribution in [0.15, 0.2) is 29.6 Å². The average Bonchev–Trinajstić information content (AvgIpc) is 3.19. The Balaban J connectivity index is 1.73. The van der Waals surface area contributed by atoms with Crippen LogP contribution in [0.1, 0.15) is 24.6 Å². The summed E-state index contributed by atoms with van der Waals surface area (Å²) in [6, 6.07) is 8.08. The summed E-state index contributed by atoms with van der Waals surface area (Å²) in [5, 5.41) is 2.10.